The van der Waals surface area contributed by atoms with Crippen LogP contribution in [0.2, 0.25) is 0 Å². The Balaban J connectivity index is 1.75. The van der Waals surface area contributed by atoms with Crippen LogP contribution in [0, 0.1) is 11.7 Å². The number of halogens is 1. The summed E-state index contributed by atoms with van der Waals surface area (Å²) in [6, 6.07) is 11.0. The van der Waals surface area contributed by atoms with E-state index in [9.17, 15) is 22.4 Å². The topological polar surface area (TPSA) is 92.8 Å². The number of ether oxygens (including phenoxy) is 1. The molecule has 9 heteroatoms. The summed E-state index contributed by atoms with van der Waals surface area (Å²) in [5.74, 6) is -2.06. The van der Waals surface area contributed by atoms with Crippen molar-refractivity contribution >= 4 is 27.6 Å². The number of rotatable bonds is 5. The summed E-state index contributed by atoms with van der Waals surface area (Å²) in [5.41, 5.74) is 0.526. The summed E-state index contributed by atoms with van der Waals surface area (Å²) >= 11 is 0. The van der Waals surface area contributed by atoms with Gasteiger partial charge in [-0.3, -0.25) is 4.79 Å². The molecule has 1 amide bonds. The molecule has 0 saturated carbocycles. The molecule has 1 aliphatic heterocycles. The predicted molar refractivity (Wildman–Crippen MR) is 104 cm³/mol. The van der Waals surface area contributed by atoms with E-state index < -0.39 is 27.7 Å². The maximum Gasteiger partial charge on any atom is 0.339 e. The van der Waals surface area contributed by atoms with E-state index in [1.807, 2.05) is 0 Å². The van der Waals surface area contributed by atoms with Crippen molar-refractivity contribution in [3.8, 4) is 0 Å². The van der Waals surface area contributed by atoms with Crippen LogP contribution in [0.15, 0.2) is 53.4 Å². The Labute approximate surface area is 168 Å². The van der Waals surface area contributed by atoms with Crippen LogP contribution in [0.25, 0.3) is 0 Å². The van der Waals surface area contributed by atoms with Gasteiger partial charge in [0.2, 0.25) is 15.9 Å². The van der Waals surface area contributed by atoms with Crippen molar-refractivity contribution in [3.63, 3.8) is 0 Å². The van der Waals surface area contributed by atoms with E-state index in [2.05, 4.69) is 5.32 Å². The van der Waals surface area contributed by atoms with Crippen LogP contribution in [0.5, 0.6) is 0 Å². The van der Waals surface area contributed by atoms with Crippen molar-refractivity contribution < 1.29 is 27.1 Å². The summed E-state index contributed by atoms with van der Waals surface area (Å²) < 4.78 is 44.7. The number of methoxy groups -OCH3 is 1. The highest BCUT2D eigenvalue weighted by Gasteiger charge is 2.33. The highest BCUT2D eigenvalue weighted by Crippen LogP contribution is 2.26. The molecule has 3 rings (SSSR count). The van der Waals surface area contributed by atoms with Crippen LogP contribution < -0.4 is 5.32 Å². The first-order valence-electron chi connectivity index (χ1n) is 9.07. The normalized spacial score (nSPS) is 17.5. The van der Waals surface area contributed by atoms with E-state index in [1.54, 1.807) is 18.2 Å². The van der Waals surface area contributed by atoms with Gasteiger partial charge in [-0.1, -0.05) is 12.1 Å². The van der Waals surface area contributed by atoms with Gasteiger partial charge < -0.3 is 10.1 Å². The molecule has 0 bridgehead atoms. The number of piperidine rings is 1. The van der Waals surface area contributed by atoms with Gasteiger partial charge in [0.25, 0.3) is 0 Å². The Morgan fingerprint density at radius 2 is 1.83 bits per heavy atom. The third-order valence-corrected chi connectivity index (χ3v) is 6.68. The number of esters is 1. The van der Waals surface area contributed by atoms with Gasteiger partial charge >= 0.3 is 5.97 Å². The minimum absolute atomic E-state index is 0.00589. The van der Waals surface area contributed by atoms with Crippen molar-refractivity contribution in [2.45, 2.75) is 17.7 Å². The lowest BCUT2D eigenvalue weighted by atomic mass is 9.98. The summed E-state index contributed by atoms with van der Waals surface area (Å²) in [6.07, 6.45) is 1.03. The Hall–Kier alpha value is -2.78. The molecule has 0 spiro atoms. The molecule has 1 fully saturated rings. The van der Waals surface area contributed by atoms with Crippen LogP contribution in [-0.2, 0) is 19.6 Å². The molecule has 0 aromatic heterocycles. The first-order valence-corrected chi connectivity index (χ1v) is 10.5. The zero-order valence-electron chi connectivity index (χ0n) is 15.8. The second-order valence-corrected chi connectivity index (χ2v) is 8.62. The third kappa shape index (κ3) is 4.63. The van der Waals surface area contributed by atoms with Crippen molar-refractivity contribution in [1.29, 1.82) is 0 Å². The second kappa shape index (κ2) is 8.71. The molecule has 2 aromatic rings. The van der Waals surface area contributed by atoms with Gasteiger partial charge in [0, 0.05) is 13.1 Å². The first-order chi connectivity index (χ1) is 13.8. The van der Waals surface area contributed by atoms with E-state index >= 15 is 0 Å². The van der Waals surface area contributed by atoms with Crippen molar-refractivity contribution in [3.05, 3.63) is 59.9 Å². The highest BCUT2D eigenvalue weighted by atomic mass is 32.2. The number of hydrogen-bond donors (Lipinski definition) is 1. The summed E-state index contributed by atoms with van der Waals surface area (Å²) in [6.45, 7) is 0.286. The fourth-order valence-electron chi connectivity index (χ4n) is 3.25. The van der Waals surface area contributed by atoms with Gasteiger partial charge in [0.05, 0.1) is 29.2 Å². The average molecular weight is 420 g/mol. The number of benzene rings is 2. The van der Waals surface area contributed by atoms with Crippen molar-refractivity contribution in [1.82, 2.24) is 4.31 Å². The van der Waals surface area contributed by atoms with Crippen LogP contribution in [0.3, 0.4) is 0 Å². The Bertz CT molecular complexity index is 1010. The Kier molecular flexibility index (Phi) is 6.29. The molecule has 1 heterocycles. The number of sulfonamides is 1. The number of para-hydroxylation sites is 1. The minimum Gasteiger partial charge on any atom is -0.465 e. The molecule has 0 unspecified atom stereocenters. The highest BCUT2D eigenvalue weighted by molar-refractivity contribution is 7.89. The molecular weight excluding hydrogens is 399 g/mol. The lowest BCUT2D eigenvalue weighted by molar-refractivity contribution is -0.120. The van der Waals surface area contributed by atoms with Gasteiger partial charge in [0.1, 0.15) is 5.82 Å². The van der Waals surface area contributed by atoms with Gasteiger partial charge in [-0.15, -0.1) is 0 Å². The van der Waals surface area contributed by atoms with Crippen LogP contribution in [0.4, 0.5) is 10.1 Å². The maximum atomic E-state index is 13.1. The number of hydrogen-bond acceptors (Lipinski definition) is 5. The number of nitrogens with zero attached hydrogens (tertiary/aromatic N) is 1. The molecular formula is C20H21FN2O5S. The molecule has 1 saturated heterocycles. The monoisotopic (exact) mass is 420 g/mol. The number of nitrogens with one attached hydrogen (secondary N) is 1. The van der Waals surface area contributed by atoms with E-state index in [1.165, 1.54) is 29.6 Å². The number of carbonyl (C=O) groups is 2. The van der Waals surface area contributed by atoms with Crippen LogP contribution in [-0.4, -0.2) is 44.8 Å². The molecule has 1 aliphatic rings. The van der Waals surface area contributed by atoms with E-state index in [0.717, 1.165) is 12.1 Å². The van der Waals surface area contributed by atoms with E-state index in [-0.39, 0.29) is 29.5 Å². The van der Waals surface area contributed by atoms with Crippen molar-refractivity contribution in [2.75, 3.05) is 25.5 Å². The summed E-state index contributed by atoms with van der Waals surface area (Å²) in [7, 11) is -2.58. The lowest BCUT2D eigenvalue weighted by Crippen LogP contribution is -2.43. The minimum atomic E-state index is -3.83. The molecule has 0 radical (unpaired) electrons. The SMILES string of the molecule is COC(=O)c1ccccc1NC(=O)[C@H]1CCCN(S(=O)(=O)c2ccc(F)cc2)C1. The summed E-state index contributed by atoms with van der Waals surface area (Å²) in [5, 5.41) is 2.70. The molecule has 0 aliphatic carbocycles. The van der Waals surface area contributed by atoms with Gasteiger partial charge in [-0.25, -0.2) is 17.6 Å². The number of carbonyl (C=O) groups excluding carboxylic acids is 2. The van der Waals surface area contributed by atoms with E-state index in [0.29, 0.717) is 18.5 Å². The number of anilines is 1. The Morgan fingerprint density at radius 3 is 2.52 bits per heavy atom. The lowest BCUT2D eigenvalue weighted by Gasteiger charge is -2.31. The quantitative estimate of drug-likeness (QED) is 0.751. The van der Waals surface area contributed by atoms with Gasteiger partial charge in [0.15, 0.2) is 0 Å². The largest absolute Gasteiger partial charge is 0.465 e. The number of amides is 1. The zero-order valence-corrected chi connectivity index (χ0v) is 16.6. The molecule has 29 heavy (non-hydrogen) atoms. The summed E-state index contributed by atoms with van der Waals surface area (Å²) in [4.78, 5) is 24.6. The molecule has 1 atom stereocenters. The smallest absolute Gasteiger partial charge is 0.339 e. The third-order valence-electron chi connectivity index (χ3n) is 4.80. The Morgan fingerprint density at radius 1 is 1.14 bits per heavy atom. The van der Waals surface area contributed by atoms with Gasteiger partial charge in [-0.2, -0.15) is 4.31 Å². The molecule has 2 aromatic carbocycles. The maximum absolute atomic E-state index is 13.1. The standard InChI is InChI=1S/C20H21FN2O5S/c1-28-20(25)17-6-2-3-7-18(17)22-19(24)14-5-4-12-23(13-14)29(26,27)16-10-8-15(21)9-11-16/h2-3,6-11,14H,4-5,12-13H2,1H3,(H,22,24)/t14-/m0/s1. The average Bonchev–Trinajstić information content (AvgIpc) is 2.74. The fraction of sp³-hybridized carbons (Fsp3) is 0.300. The first kappa shape index (κ1) is 20.9. The predicted octanol–water partition coefficient (Wildman–Crippen LogP) is 2.65. The molecule has 7 nitrogen and oxygen atoms in total. The molecule has 1 N–H and O–H groups in total. The van der Waals surface area contributed by atoms with Gasteiger partial charge in [-0.05, 0) is 49.2 Å². The second-order valence-electron chi connectivity index (χ2n) is 6.68. The van der Waals surface area contributed by atoms with Crippen LogP contribution in [0.1, 0.15) is 23.2 Å². The van der Waals surface area contributed by atoms with Crippen LogP contribution >= 0.6 is 0 Å². The zero-order chi connectivity index (χ0) is 21.0. The van der Waals surface area contributed by atoms with Crippen molar-refractivity contribution in [2.24, 2.45) is 5.92 Å². The van der Waals surface area contributed by atoms with E-state index in [4.69, 9.17) is 4.74 Å². The fourth-order valence-corrected chi connectivity index (χ4v) is 4.77. The molecule has 154 valence electrons.